The summed E-state index contributed by atoms with van der Waals surface area (Å²) in [6.07, 6.45) is -1.64. The number of aliphatic hydroxyl groups is 3. The topological polar surface area (TPSA) is 163 Å². The molecule has 1 aromatic rings. The summed E-state index contributed by atoms with van der Waals surface area (Å²) in [6.45, 7) is 2.97. The van der Waals surface area contributed by atoms with Crippen LogP contribution >= 0.6 is 0 Å². The number of aromatic amines is 1. The van der Waals surface area contributed by atoms with Crippen LogP contribution in [-0.2, 0) is 9.47 Å². The van der Waals surface area contributed by atoms with E-state index in [0.29, 0.717) is 0 Å². The first kappa shape index (κ1) is 21.3. The van der Waals surface area contributed by atoms with Gasteiger partial charge >= 0.3 is 5.69 Å². The summed E-state index contributed by atoms with van der Waals surface area (Å²) in [4.78, 5) is 38.2. The van der Waals surface area contributed by atoms with Crippen molar-refractivity contribution in [3.8, 4) is 0 Å². The fourth-order valence-corrected chi connectivity index (χ4v) is 2.54. The van der Waals surface area contributed by atoms with E-state index in [-0.39, 0.29) is 31.7 Å². The fraction of sp³-hybridized carbons (Fsp3) is 0.688. The standard InChI is InChI=1S/C16H25N3O8/c1-16(2,8-21)26-4-3-17-13(23)9-6-19(15(25)18-14(9)24)12-5-10(22)11(7-20)27-12/h6,10-12,20-22H,3-5,7-8H2,1-2H3,(H,17,23)(H,18,24,25). The number of amides is 1. The quantitative estimate of drug-likeness (QED) is 0.311. The molecule has 0 spiro atoms. The Morgan fingerprint density at radius 1 is 1.44 bits per heavy atom. The smallest absolute Gasteiger partial charge is 0.330 e. The van der Waals surface area contributed by atoms with Crippen LogP contribution in [0.4, 0.5) is 0 Å². The van der Waals surface area contributed by atoms with Crippen molar-refractivity contribution in [1.82, 2.24) is 14.9 Å². The van der Waals surface area contributed by atoms with Crippen molar-refractivity contribution >= 4 is 5.91 Å². The van der Waals surface area contributed by atoms with Crippen LogP contribution in [0.15, 0.2) is 15.8 Å². The number of ether oxygens (including phenoxy) is 2. The molecule has 1 aromatic heterocycles. The summed E-state index contributed by atoms with van der Waals surface area (Å²) in [7, 11) is 0. The molecule has 1 aliphatic rings. The molecule has 1 amide bonds. The fourth-order valence-electron chi connectivity index (χ4n) is 2.54. The van der Waals surface area contributed by atoms with Gasteiger partial charge in [-0.1, -0.05) is 0 Å². The van der Waals surface area contributed by atoms with Gasteiger partial charge in [0.2, 0.25) is 0 Å². The Labute approximate surface area is 154 Å². The lowest BCUT2D eigenvalue weighted by molar-refractivity contribution is -0.0514. The lowest BCUT2D eigenvalue weighted by Crippen LogP contribution is -2.40. The third-order valence-corrected chi connectivity index (χ3v) is 4.17. The average Bonchev–Trinajstić information content (AvgIpc) is 2.99. The summed E-state index contributed by atoms with van der Waals surface area (Å²) in [6, 6.07) is 0. The van der Waals surface area contributed by atoms with Crippen LogP contribution in [0.1, 0.15) is 36.9 Å². The van der Waals surface area contributed by atoms with E-state index >= 15 is 0 Å². The number of carbonyl (C=O) groups is 1. The number of nitrogens with one attached hydrogen (secondary N) is 2. The van der Waals surface area contributed by atoms with E-state index in [1.165, 1.54) is 0 Å². The number of aromatic nitrogens is 2. The molecule has 152 valence electrons. The molecule has 1 saturated heterocycles. The van der Waals surface area contributed by atoms with Crippen molar-refractivity contribution in [3.63, 3.8) is 0 Å². The predicted octanol–water partition coefficient (Wildman–Crippen LogP) is -2.31. The lowest BCUT2D eigenvalue weighted by Gasteiger charge is -2.22. The molecule has 1 fully saturated rings. The van der Waals surface area contributed by atoms with Crippen LogP contribution in [0.5, 0.6) is 0 Å². The molecule has 2 heterocycles. The summed E-state index contributed by atoms with van der Waals surface area (Å²) >= 11 is 0. The Morgan fingerprint density at radius 2 is 2.15 bits per heavy atom. The molecule has 5 N–H and O–H groups in total. The zero-order chi connectivity index (χ0) is 20.2. The zero-order valence-electron chi connectivity index (χ0n) is 15.2. The molecule has 2 rings (SSSR count). The van der Waals surface area contributed by atoms with Gasteiger partial charge in [0.05, 0.1) is 31.5 Å². The van der Waals surface area contributed by atoms with Crippen molar-refractivity contribution in [2.24, 2.45) is 0 Å². The second kappa shape index (κ2) is 8.76. The van der Waals surface area contributed by atoms with Crippen molar-refractivity contribution in [2.75, 3.05) is 26.4 Å². The molecule has 0 bridgehead atoms. The highest BCUT2D eigenvalue weighted by Gasteiger charge is 2.35. The first-order valence-corrected chi connectivity index (χ1v) is 8.51. The van der Waals surface area contributed by atoms with Crippen LogP contribution in [0.2, 0.25) is 0 Å². The van der Waals surface area contributed by atoms with E-state index in [4.69, 9.17) is 19.7 Å². The third kappa shape index (κ3) is 5.23. The van der Waals surface area contributed by atoms with E-state index in [1.807, 2.05) is 4.98 Å². The Morgan fingerprint density at radius 3 is 2.74 bits per heavy atom. The average molecular weight is 387 g/mol. The minimum absolute atomic E-state index is 0.0301. The largest absolute Gasteiger partial charge is 0.394 e. The minimum Gasteiger partial charge on any atom is -0.394 e. The molecule has 27 heavy (non-hydrogen) atoms. The number of hydrogen-bond acceptors (Lipinski definition) is 8. The van der Waals surface area contributed by atoms with Crippen LogP contribution in [0.3, 0.4) is 0 Å². The van der Waals surface area contributed by atoms with E-state index in [2.05, 4.69) is 5.32 Å². The minimum atomic E-state index is -0.969. The van der Waals surface area contributed by atoms with E-state index in [1.54, 1.807) is 13.8 Å². The second-order valence-corrected chi connectivity index (χ2v) is 6.85. The first-order chi connectivity index (χ1) is 12.7. The SMILES string of the molecule is CC(C)(CO)OCCNC(=O)c1cn(C2CC(O)C(CO)O2)c(=O)[nH]c1=O. The molecule has 3 atom stereocenters. The van der Waals surface area contributed by atoms with Gasteiger partial charge in [0.15, 0.2) is 0 Å². The van der Waals surface area contributed by atoms with Gasteiger partial charge in [-0.25, -0.2) is 4.79 Å². The molecule has 3 unspecified atom stereocenters. The van der Waals surface area contributed by atoms with Gasteiger partial charge in [-0.3, -0.25) is 19.1 Å². The summed E-state index contributed by atoms with van der Waals surface area (Å²) in [5.74, 6) is -0.715. The van der Waals surface area contributed by atoms with Gasteiger partial charge in [0.25, 0.3) is 11.5 Å². The maximum absolute atomic E-state index is 12.2. The predicted molar refractivity (Wildman–Crippen MR) is 92.4 cm³/mol. The van der Waals surface area contributed by atoms with Crippen LogP contribution < -0.4 is 16.6 Å². The van der Waals surface area contributed by atoms with Gasteiger partial charge in [-0.05, 0) is 13.8 Å². The lowest BCUT2D eigenvalue weighted by atomic mass is 10.1. The molecule has 0 radical (unpaired) electrons. The van der Waals surface area contributed by atoms with E-state index < -0.39 is 47.8 Å². The maximum atomic E-state index is 12.2. The van der Waals surface area contributed by atoms with Gasteiger partial charge in [-0.2, -0.15) is 0 Å². The summed E-state index contributed by atoms with van der Waals surface area (Å²) < 4.78 is 11.8. The highest BCUT2D eigenvalue weighted by Crippen LogP contribution is 2.27. The van der Waals surface area contributed by atoms with Gasteiger partial charge < -0.3 is 30.1 Å². The van der Waals surface area contributed by atoms with Crippen LogP contribution in [0.25, 0.3) is 0 Å². The van der Waals surface area contributed by atoms with Crippen molar-refractivity contribution in [1.29, 1.82) is 0 Å². The van der Waals surface area contributed by atoms with Crippen molar-refractivity contribution < 1.29 is 29.6 Å². The highest BCUT2D eigenvalue weighted by molar-refractivity contribution is 5.93. The maximum Gasteiger partial charge on any atom is 0.330 e. The molecule has 0 aromatic carbocycles. The first-order valence-electron chi connectivity index (χ1n) is 8.51. The molecule has 11 heteroatoms. The number of nitrogens with zero attached hydrogens (tertiary/aromatic N) is 1. The van der Waals surface area contributed by atoms with Crippen molar-refractivity contribution in [2.45, 2.75) is 44.3 Å². The summed E-state index contributed by atoms with van der Waals surface area (Å²) in [5, 5.41) is 30.5. The van der Waals surface area contributed by atoms with E-state index in [9.17, 15) is 19.5 Å². The molecule has 1 aliphatic heterocycles. The normalized spacial score (nSPS) is 22.8. The van der Waals surface area contributed by atoms with Gasteiger partial charge in [-0.15, -0.1) is 0 Å². The Bertz CT molecular complexity index is 772. The number of hydrogen-bond donors (Lipinski definition) is 5. The van der Waals surface area contributed by atoms with Crippen LogP contribution in [-0.4, -0.2) is 75.0 Å². The number of aliphatic hydroxyl groups excluding tert-OH is 3. The second-order valence-electron chi connectivity index (χ2n) is 6.85. The number of H-pyrrole nitrogens is 1. The van der Waals surface area contributed by atoms with Gasteiger partial charge in [0.1, 0.15) is 17.9 Å². The van der Waals surface area contributed by atoms with E-state index in [0.717, 1.165) is 10.8 Å². The van der Waals surface area contributed by atoms with Crippen molar-refractivity contribution in [3.05, 3.63) is 32.6 Å². The number of rotatable bonds is 8. The molecular formula is C16H25N3O8. The molecule has 11 nitrogen and oxygen atoms in total. The Kier molecular flexibility index (Phi) is 6.89. The summed E-state index contributed by atoms with van der Waals surface area (Å²) in [5.41, 5.74) is -2.70. The molecule has 0 aliphatic carbocycles. The Hall–Kier alpha value is -2.05. The third-order valence-electron chi connectivity index (χ3n) is 4.17. The molecular weight excluding hydrogens is 362 g/mol. The monoisotopic (exact) mass is 387 g/mol. The zero-order valence-corrected chi connectivity index (χ0v) is 15.2. The van der Waals surface area contributed by atoms with Gasteiger partial charge in [0, 0.05) is 19.2 Å². The van der Waals surface area contributed by atoms with Crippen LogP contribution in [0, 0.1) is 0 Å². The molecule has 0 saturated carbocycles. The number of carbonyl (C=O) groups excluding carboxylic acids is 1. The highest BCUT2D eigenvalue weighted by atomic mass is 16.5. The Balaban J connectivity index is 2.08.